The first-order valence-electron chi connectivity index (χ1n) is 8.80. The van der Waals surface area contributed by atoms with Gasteiger partial charge in [-0.3, -0.25) is 4.79 Å². The van der Waals surface area contributed by atoms with Crippen LogP contribution in [0.15, 0.2) is 89.7 Å². The lowest BCUT2D eigenvalue weighted by Crippen LogP contribution is -2.17. The molecule has 5 nitrogen and oxygen atoms in total. The molecule has 0 atom stereocenters. The van der Waals surface area contributed by atoms with Crippen LogP contribution in [0.5, 0.6) is 11.5 Å². The summed E-state index contributed by atoms with van der Waals surface area (Å²) in [4.78, 5) is 12.9. The predicted molar refractivity (Wildman–Crippen MR) is 109 cm³/mol. The van der Waals surface area contributed by atoms with Crippen LogP contribution in [0, 0.1) is 0 Å². The fraction of sp³-hybridized carbons (Fsp3) is 0.0435. The van der Waals surface area contributed by atoms with Crippen molar-refractivity contribution in [1.82, 2.24) is 9.78 Å². The summed E-state index contributed by atoms with van der Waals surface area (Å²) < 4.78 is 6.91. The topological polar surface area (TPSA) is 64.4 Å². The Labute approximate surface area is 162 Å². The van der Waals surface area contributed by atoms with Crippen molar-refractivity contribution in [3.8, 4) is 39.7 Å². The Hall–Kier alpha value is -3.86. The molecule has 1 heterocycles. The van der Waals surface area contributed by atoms with E-state index >= 15 is 0 Å². The van der Waals surface area contributed by atoms with E-state index in [1.54, 1.807) is 30.0 Å². The van der Waals surface area contributed by atoms with Gasteiger partial charge in [0.1, 0.15) is 17.1 Å². The van der Waals surface area contributed by atoms with Crippen molar-refractivity contribution in [3.05, 3.63) is 95.2 Å². The molecule has 1 aromatic heterocycles. The summed E-state index contributed by atoms with van der Waals surface area (Å²) in [6, 6.07) is 25.6. The minimum atomic E-state index is -0.510. The number of nitrogens with zero attached hydrogens (tertiary/aromatic N) is 2. The number of aromatic hydroxyl groups is 1. The standard InChI is InChI=1S/C23H18N2O3/c1-28-19-14-8-13-18(15-19)25-21(17-11-6-3-7-12-17)23(27)22(26)20(24-25)16-9-4-2-5-10-16/h2-15,27H,1H3. The van der Waals surface area contributed by atoms with Crippen LogP contribution in [-0.4, -0.2) is 22.0 Å². The van der Waals surface area contributed by atoms with Gasteiger partial charge in [-0.1, -0.05) is 66.7 Å². The van der Waals surface area contributed by atoms with Crippen LogP contribution in [-0.2, 0) is 0 Å². The molecule has 0 fully saturated rings. The second kappa shape index (κ2) is 7.40. The zero-order valence-electron chi connectivity index (χ0n) is 15.2. The van der Waals surface area contributed by atoms with Crippen molar-refractivity contribution in [2.24, 2.45) is 0 Å². The van der Waals surface area contributed by atoms with Crippen molar-refractivity contribution < 1.29 is 9.84 Å². The summed E-state index contributed by atoms with van der Waals surface area (Å²) in [5.41, 5.74) is 2.00. The number of aromatic nitrogens is 2. The third-order valence-corrected chi connectivity index (χ3v) is 4.46. The van der Waals surface area contributed by atoms with Crippen LogP contribution >= 0.6 is 0 Å². The molecule has 0 aliphatic rings. The van der Waals surface area contributed by atoms with Crippen LogP contribution in [0.4, 0.5) is 0 Å². The quantitative estimate of drug-likeness (QED) is 0.582. The minimum Gasteiger partial charge on any atom is -0.503 e. The highest BCUT2D eigenvalue weighted by Gasteiger charge is 2.20. The van der Waals surface area contributed by atoms with Crippen molar-refractivity contribution in [3.63, 3.8) is 0 Å². The van der Waals surface area contributed by atoms with E-state index in [-0.39, 0.29) is 11.4 Å². The Bertz CT molecular complexity index is 1170. The lowest BCUT2D eigenvalue weighted by Gasteiger charge is -2.16. The smallest absolute Gasteiger partial charge is 0.250 e. The number of hydrogen-bond donors (Lipinski definition) is 1. The first-order chi connectivity index (χ1) is 13.7. The van der Waals surface area contributed by atoms with Gasteiger partial charge in [0.2, 0.25) is 5.43 Å². The van der Waals surface area contributed by atoms with E-state index in [4.69, 9.17) is 4.74 Å². The summed E-state index contributed by atoms with van der Waals surface area (Å²) in [7, 11) is 1.59. The van der Waals surface area contributed by atoms with Gasteiger partial charge in [-0.25, -0.2) is 4.68 Å². The van der Waals surface area contributed by atoms with Gasteiger partial charge in [-0.2, -0.15) is 5.10 Å². The fourth-order valence-electron chi connectivity index (χ4n) is 3.08. The van der Waals surface area contributed by atoms with E-state index in [0.29, 0.717) is 28.3 Å². The molecule has 0 saturated carbocycles. The average molecular weight is 370 g/mol. The monoisotopic (exact) mass is 370 g/mol. The van der Waals surface area contributed by atoms with E-state index in [2.05, 4.69) is 5.10 Å². The van der Waals surface area contributed by atoms with E-state index < -0.39 is 5.43 Å². The van der Waals surface area contributed by atoms with E-state index in [9.17, 15) is 9.90 Å². The molecule has 138 valence electrons. The summed E-state index contributed by atoms with van der Waals surface area (Å²) in [5, 5.41) is 15.5. The van der Waals surface area contributed by atoms with Gasteiger partial charge >= 0.3 is 0 Å². The van der Waals surface area contributed by atoms with E-state index in [1.807, 2.05) is 66.7 Å². The highest BCUT2D eigenvalue weighted by molar-refractivity contribution is 5.72. The Morgan fingerprint density at radius 1 is 0.857 bits per heavy atom. The van der Waals surface area contributed by atoms with Gasteiger partial charge in [0.15, 0.2) is 5.75 Å². The molecule has 28 heavy (non-hydrogen) atoms. The Morgan fingerprint density at radius 3 is 2.14 bits per heavy atom. The van der Waals surface area contributed by atoms with Crippen molar-refractivity contribution in [2.45, 2.75) is 0 Å². The SMILES string of the molecule is COc1cccc(-n2nc(-c3ccccc3)c(=O)c(O)c2-c2ccccc2)c1. The highest BCUT2D eigenvalue weighted by Crippen LogP contribution is 2.31. The molecule has 0 radical (unpaired) electrons. The third kappa shape index (κ3) is 3.14. The van der Waals surface area contributed by atoms with Crippen molar-refractivity contribution >= 4 is 0 Å². The fourth-order valence-corrected chi connectivity index (χ4v) is 3.08. The second-order valence-corrected chi connectivity index (χ2v) is 6.22. The van der Waals surface area contributed by atoms with Gasteiger partial charge in [-0.05, 0) is 12.1 Å². The molecule has 5 heteroatoms. The lowest BCUT2D eigenvalue weighted by atomic mass is 10.1. The average Bonchev–Trinajstić information content (AvgIpc) is 2.76. The van der Waals surface area contributed by atoms with Crippen molar-refractivity contribution in [1.29, 1.82) is 0 Å². The van der Waals surface area contributed by atoms with E-state index in [1.165, 1.54) is 0 Å². The van der Waals surface area contributed by atoms with Gasteiger partial charge in [0.25, 0.3) is 0 Å². The zero-order valence-corrected chi connectivity index (χ0v) is 15.2. The first kappa shape index (κ1) is 17.5. The number of rotatable bonds is 4. The largest absolute Gasteiger partial charge is 0.503 e. The van der Waals surface area contributed by atoms with Gasteiger partial charge in [0, 0.05) is 17.2 Å². The molecular formula is C23H18N2O3. The van der Waals surface area contributed by atoms with Crippen LogP contribution in [0.1, 0.15) is 0 Å². The lowest BCUT2D eigenvalue weighted by molar-refractivity contribution is 0.414. The summed E-state index contributed by atoms with van der Waals surface area (Å²) in [6.07, 6.45) is 0. The molecule has 4 rings (SSSR count). The van der Waals surface area contributed by atoms with E-state index in [0.717, 1.165) is 0 Å². The maximum Gasteiger partial charge on any atom is 0.250 e. The normalized spacial score (nSPS) is 10.6. The highest BCUT2D eigenvalue weighted by atomic mass is 16.5. The van der Waals surface area contributed by atoms with Crippen LogP contribution < -0.4 is 10.2 Å². The first-order valence-corrected chi connectivity index (χ1v) is 8.80. The van der Waals surface area contributed by atoms with Crippen LogP contribution in [0.25, 0.3) is 28.2 Å². The zero-order chi connectivity index (χ0) is 19.5. The Morgan fingerprint density at radius 2 is 1.50 bits per heavy atom. The van der Waals surface area contributed by atoms with Gasteiger partial charge < -0.3 is 9.84 Å². The number of hydrogen-bond acceptors (Lipinski definition) is 4. The van der Waals surface area contributed by atoms with Gasteiger partial charge in [-0.15, -0.1) is 0 Å². The molecule has 0 spiro atoms. The predicted octanol–water partition coefficient (Wildman–Crippen LogP) is 4.28. The molecule has 0 bridgehead atoms. The molecule has 0 aliphatic carbocycles. The molecule has 0 amide bonds. The minimum absolute atomic E-state index is 0.181. The molecule has 0 unspecified atom stereocenters. The number of benzene rings is 3. The number of ether oxygens (including phenoxy) is 1. The second-order valence-electron chi connectivity index (χ2n) is 6.22. The maximum absolute atomic E-state index is 12.9. The third-order valence-electron chi connectivity index (χ3n) is 4.46. The molecule has 0 aliphatic heterocycles. The molecule has 3 aromatic carbocycles. The maximum atomic E-state index is 12.9. The van der Waals surface area contributed by atoms with Gasteiger partial charge in [0.05, 0.1) is 12.8 Å². The molecule has 0 saturated heterocycles. The molecule has 4 aromatic rings. The summed E-state index contributed by atoms with van der Waals surface area (Å²) in [5.74, 6) is 0.306. The summed E-state index contributed by atoms with van der Waals surface area (Å²) >= 11 is 0. The van der Waals surface area contributed by atoms with Crippen molar-refractivity contribution in [2.75, 3.05) is 7.11 Å². The molecular weight excluding hydrogens is 352 g/mol. The number of methoxy groups -OCH3 is 1. The van der Waals surface area contributed by atoms with Crippen LogP contribution in [0.2, 0.25) is 0 Å². The molecule has 1 N–H and O–H groups in total. The Kier molecular flexibility index (Phi) is 4.64. The van der Waals surface area contributed by atoms with Crippen LogP contribution in [0.3, 0.4) is 0 Å². The summed E-state index contributed by atoms with van der Waals surface area (Å²) in [6.45, 7) is 0. The Balaban J connectivity index is 2.06.